The van der Waals surface area contributed by atoms with Crippen molar-refractivity contribution in [1.82, 2.24) is 4.90 Å². The van der Waals surface area contributed by atoms with Gasteiger partial charge in [0.2, 0.25) is 0 Å². The topological polar surface area (TPSA) is 3.24 Å². The van der Waals surface area contributed by atoms with E-state index in [0.29, 0.717) is 11.0 Å². The lowest BCUT2D eigenvalue weighted by molar-refractivity contribution is 0.0681. The van der Waals surface area contributed by atoms with Crippen LogP contribution in [0.3, 0.4) is 0 Å². The number of rotatable bonds is 0. The maximum absolute atomic E-state index is 2.66. The van der Waals surface area contributed by atoms with Gasteiger partial charge < -0.3 is 0 Å². The van der Waals surface area contributed by atoms with Gasteiger partial charge in [0.1, 0.15) is 0 Å². The summed E-state index contributed by atoms with van der Waals surface area (Å²) in [5.74, 6) is 0.988. The van der Waals surface area contributed by atoms with Crippen molar-refractivity contribution in [2.24, 2.45) is 16.7 Å². The van der Waals surface area contributed by atoms with E-state index in [9.17, 15) is 0 Å². The van der Waals surface area contributed by atoms with Gasteiger partial charge >= 0.3 is 0 Å². The first-order chi connectivity index (χ1) is 7.15. The highest BCUT2D eigenvalue weighted by atomic mass is 15.2. The van der Waals surface area contributed by atoms with E-state index in [4.69, 9.17) is 0 Å². The van der Waals surface area contributed by atoms with Crippen LogP contribution < -0.4 is 0 Å². The zero-order valence-electron chi connectivity index (χ0n) is 12.1. The summed E-state index contributed by atoms with van der Waals surface area (Å²) in [7, 11) is 0. The highest BCUT2D eigenvalue weighted by Gasteiger charge is 2.59. The third kappa shape index (κ3) is 2.16. The first kappa shape index (κ1) is 12.4. The van der Waals surface area contributed by atoms with Gasteiger partial charge in [-0.05, 0) is 69.9 Å². The zero-order valence-corrected chi connectivity index (χ0v) is 12.1. The lowest BCUT2D eigenvalue weighted by atomic mass is 9.80. The molecule has 94 valence electrons. The van der Waals surface area contributed by atoms with Gasteiger partial charge in [-0.3, -0.25) is 4.90 Å². The minimum absolute atomic E-state index is 0.369. The van der Waals surface area contributed by atoms with Crippen LogP contribution >= 0.6 is 0 Å². The van der Waals surface area contributed by atoms with Gasteiger partial charge in [0.05, 0.1) is 0 Å². The average molecular weight is 223 g/mol. The number of likely N-dealkylation sites (tertiary alicyclic amines) is 1. The second-order valence-electron chi connectivity index (χ2n) is 8.14. The third-order valence-electron chi connectivity index (χ3n) is 4.94. The van der Waals surface area contributed by atoms with Crippen molar-refractivity contribution in [3.05, 3.63) is 0 Å². The molecule has 2 aliphatic rings. The minimum atomic E-state index is 0.369. The molecule has 0 aromatic heterocycles. The fraction of sp³-hybridized carbons (Fsp3) is 1.00. The average Bonchev–Trinajstić information content (AvgIpc) is 2.78. The maximum Gasteiger partial charge on any atom is 0.0125 e. The van der Waals surface area contributed by atoms with E-state index in [0.717, 1.165) is 11.3 Å². The van der Waals surface area contributed by atoms with Crippen molar-refractivity contribution in [1.29, 1.82) is 0 Å². The fourth-order valence-corrected chi connectivity index (χ4v) is 3.75. The standard InChI is InChI=1S/C15H29N/c1-13(2,3)12-11-15(12)7-9-16(10-8-15)14(4,5)6/h12H,7-11H2,1-6H3. The zero-order chi connectivity index (χ0) is 12.2. The number of hydrogen-bond donors (Lipinski definition) is 0. The van der Waals surface area contributed by atoms with Crippen molar-refractivity contribution in [2.75, 3.05) is 13.1 Å². The van der Waals surface area contributed by atoms with E-state index in [1.54, 1.807) is 0 Å². The van der Waals surface area contributed by atoms with Gasteiger partial charge in [-0.2, -0.15) is 0 Å². The Balaban J connectivity index is 1.93. The molecule has 1 aliphatic heterocycles. The molecule has 1 heteroatoms. The van der Waals surface area contributed by atoms with Crippen molar-refractivity contribution in [3.8, 4) is 0 Å². The predicted molar refractivity (Wildman–Crippen MR) is 70.6 cm³/mol. The summed E-state index contributed by atoms with van der Waals surface area (Å²) in [5.41, 5.74) is 1.64. The number of hydrogen-bond acceptors (Lipinski definition) is 1. The van der Waals surface area contributed by atoms with E-state index in [2.05, 4.69) is 46.4 Å². The van der Waals surface area contributed by atoms with Crippen LogP contribution in [0.4, 0.5) is 0 Å². The van der Waals surface area contributed by atoms with Gasteiger partial charge in [0.25, 0.3) is 0 Å². The third-order valence-corrected chi connectivity index (χ3v) is 4.94. The Morgan fingerprint density at radius 1 is 0.938 bits per heavy atom. The van der Waals surface area contributed by atoms with E-state index in [1.165, 1.54) is 32.4 Å². The van der Waals surface area contributed by atoms with Crippen LogP contribution in [-0.2, 0) is 0 Å². The van der Waals surface area contributed by atoms with Gasteiger partial charge in [-0.15, -0.1) is 0 Å². The van der Waals surface area contributed by atoms with Gasteiger partial charge in [0, 0.05) is 5.54 Å². The predicted octanol–water partition coefficient (Wildman–Crippen LogP) is 3.93. The van der Waals surface area contributed by atoms with E-state index in [1.807, 2.05) is 0 Å². The Morgan fingerprint density at radius 3 is 1.75 bits per heavy atom. The molecule has 1 heterocycles. The Hall–Kier alpha value is -0.0400. The second-order valence-corrected chi connectivity index (χ2v) is 8.14. The van der Waals surface area contributed by atoms with E-state index >= 15 is 0 Å². The van der Waals surface area contributed by atoms with Crippen LogP contribution in [0, 0.1) is 16.7 Å². The van der Waals surface area contributed by atoms with Gasteiger partial charge in [-0.25, -0.2) is 0 Å². The molecule has 2 rings (SSSR count). The molecule has 2 fully saturated rings. The van der Waals surface area contributed by atoms with Crippen molar-refractivity contribution in [3.63, 3.8) is 0 Å². The largest absolute Gasteiger partial charge is 0.298 e. The normalized spacial score (nSPS) is 30.8. The minimum Gasteiger partial charge on any atom is -0.298 e. The monoisotopic (exact) mass is 223 g/mol. The molecule has 0 aromatic rings. The van der Waals surface area contributed by atoms with Crippen LogP contribution in [0.2, 0.25) is 0 Å². The Labute approximate surface area is 102 Å². The molecule has 1 saturated carbocycles. The van der Waals surface area contributed by atoms with Gasteiger partial charge in [-0.1, -0.05) is 20.8 Å². The molecular weight excluding hydrogens is 194 g/mol. The summed E-state index contributed by atoms with van der Waals surface area (Å²) in [6.07, 6.45) is 4.37. The van der Waals surface area contributed by atoms with E-state index < -0.39 is 0 Å². The number of piperidine rings is 1. The molecule has 0 aromatic carbocycles. The summed E-state index contributed by atoms with van der Waals surface area (Å²) in [6, 6.07) is 0. The highest BCUT2D eigenvalue weighted by Crippen LogP contribution is 2.66. The molecule has 0 bridgehead atoms. The quantitative estimate of drug-likeness (QED) is 0.601. The molecule has 16 heavy (non-hydrogen) atoms. The Morgan fingerprint density at radius 2 is 1.44 bits per heavy atom. The molecule has 0 amide bonds. The molecular formula is C15H29N. The summed E-state index contributed by atoms with van der Waals surface area (Å²) in [4.78, 5) is 2.66. The molecule has 1 spiro atoms. The SMILES string of the molecule is CC(C)(C)C1CC12CCN(C(C)(C)C)CC2. The van der Waals surface area contributed by atoms with Crippen molar-refractivity contribution < 1.29 is 0 Å². The molecule has 1 saturated heterocycles. The van der Waals surface area contributed by atoms with Crippen LogP contribution in [0.15, 0.2) is 0 Å². The summed E-state index contributed by atoms with van der Waals surface area (Å²) in [5, 5.41) is 0. The molecule has 0 N–H and O–H groups in total. The van der Waals surface area contributed by atoms with Crippen LogP contribution in [0.5, 0.6) is 0 Å². The molecule has 0 radical (unpaired) electrons. The molecule has 1 aliphatic carbocycles. The Bertz CT molecular complexity index is 258. The van der Waals surface area contributed by atoms with Crippen LogP contribution in [-0.4, -0.2) is 23.5 Å². The number of nitrogens with zero attached hydrogens (tertiary/aromatic N) is 1. The summed E-state index contributed by atoms with van der Waals surface area (Å²) >= 11 is 0. The lowest BCUT2D eigenvalue weighted by Gasteiger charge is -2.42. The fourth-order valence-electron chi connectivity index (χ4n) is 3.75. The maximum atomic E-state index is 2.66. The first-order valence-corrected chi connectivity index (χ1v) is 6.90. The smallest absolute Gasteiger partial charge is 0.0125 e. The first-order valence-electron chi connectivity index (χ1n) is 6.90. The van der Waals surface area contributed by atoms with Crippen molar-refractivity contribution in [2.45, 2.75) is 66.3 Å². The Kier molecular flexibility index (Phi) is 2.70. The molecule has 1 atom stereocenters. The second kappa shape index (κ2) is 3.48. The summed E-state index contributed by atoms with van der Waals surface area (Å²) < 4.78 is 0. The molecule has 1 nitrogen and oxygen atoms in total. The molecule has 1 unspecified atom stereocenters. The van der Waals surface area contributed by atoms with Gasteiger partial charge in [0.15, 0.2) is 0 Å². The van der Waals surface area contributed by atoms with E-state index in [-0.39, 0.29) is 0 Å². The van der Waals surface area contributed by atoms with Crippen LogP contribution in [0.25, 0.3) is 0 Å². The lowest BCUT2D eigenvalue weighted by Crippen LogP contribution is -2.47. The van der Waals surface area contributed by atoms with Crippen molar-refractivity contribution >= 4 is 0 Å². The highest BCUT2D eigenvalue weighted by molar-refractivity contribution is 5.09. The van der Waals surface area contributed by atoms with Crippen LogP contribution in [0.1, 0.15) is 60.8 Å². The summed E-state index contributed by atoms with van der Waals surface area (Å²) in [6.45, 7) is 16.9.